The van der Waals surface area contributed by atoms with Crippen LogP contribution >= 0.6 is 15.6 Å². The Labute approximate surface area is 537 Å². The Morgan fingerprint density at radius 3 is 0.944 bits per heavy atom. The van der Waals surface area contributed by atoms with E-state index in [-0.39, 0.29) is 19.3 Å². The lowest BCUT2D eigenvalue weighted by Gasteiger charge is -2.21. The fourth-order valence-electron chi connectivity index (χ4n) is 8.27. The highest BCUT2D eigenvalue weighted by Gasteiger charge is 2.29. The van der Waals surface area contributed by atoms with Gasteiger partial charge in [0, 0.05) is 19.3 Å². The summed E-state index contributed by atoms with van der Waals surface area (Å²) in [5.41, 5.74) is 0. The monoisotopic (exact) mass is 1290 g/mol. The number of allylic oxidation sites excluding steroid dienone is 22. The van der Waals surface area contributed by atoms with E-state index in [1.807, 2.05) is 0 Å². The SMILES string of the molecule is CC/C=C\C/C=C\C/C=C\C/C=C\C/C=C\CCCCCCCCCC(=O)OCC(O)COP(=O)(O)OCC(O)COP(=O)(O)OCC(COC(=O)CCCCCC/C=C\C/C=C\C/C=C\C/C=C\CC)OC(=O)CCCCCCC/C=C\C/C=C\CCC. The van der Waals surface area contributed by atoms with E-state index in [0.717, 1.165) is 180 Å². The molecular weight excluding hydrogens is 1170 g/mol. The van der Waals surface area contributed by atoms with E-state index in [2.05, 4.69) is 154 Å². The molecule has 5 atom stereocenters. The summed E-state index contributed by atoms with van der Waals surface area (Å²) in [6.45, 7) is 2.29. The zero-order valence-electron chi connectivity index (χ0n) is 54.8. The molecule has 0 rings (SSSR count). The van der Waals surface area contributed by atoms with Gasteiger partial charge in [0.2, 0.25) is 0 Å². The summed E-state index contributed by atoms with van der Waals surface area (Å²) in [5.74, 6) is -1.64. The summed E-state index contributed by atoms with van der Waals surface area (Å²) < 4.78 is 60.8. The Hall–Kier alpha value is -4.31. The van der Waals surface area contributed by atoms with E-state index in [0.29, 0.717) is 19.3 Å². The minimum atomic E-state index is -4.94. The molecule has 0 aromatic rings. The molecular formula is C71H118O16P2. The molecule has 0 radical (unpaired) electrons. The molecule has 0 aliphatic rings. The molecule has 0 aromatic carbocycles. The average molecular weight is 1290 g/mol. The predicted octanol–water partition coefficient (Wildman–Crippen LogP) is 18.4. The third-order valence-corrected chi connectivity index (χ3v) is 15.2. The second kappa shape index (κ2) is 63.8. The average Bonchev–Trinajstić information content (AvgIpc) is 3.72. The van der Waals surface area contributed by atoms with Crippen molar-refractivity contribution in [3.8, 4) is 0 Å². The second-order valence-electron chi connectivity index (χ2n) is 21.9. The van der Waals surface area contributed by atoms with Crippen LogP contribution in [0.5, 0.6) is 0 Å². The van der Waals surface area contributed by atoms with Crippen LogP contribution in [-0.2, 0) is 55.8 Å². The fraction of sp³-hybridized carbons (Fsp3) is 0.648. The minimum Gasteiger partial charge on any atom is -0.463 e. The van der Waals surface area contributed by atoms with Crippen LogP contribution in [0.25, 0.3) is 0 Å². The van der Waals surface area contributed by atoms with Gasteiger partial charge in [0.25, 0.3) is 0 Å². The Morgan fingerprint density at radius 1 is 0.326 bits per heavy atom. The van der Waals surface area contributed by atoms with Crippen molar-refractivity contribution < 1.29 is 75.8 Å². The van der Waals surface area contributed by atoms with Gasteiger partial charge in [-0.25, -0.2) is 9.13 Å². The third-order valence-electron chi connectivity index (χ3n) is 13.3. The van der Waals surface area contributed by atoms with Crippen LogP contribution in [0.1, 0.15) is 239 Å². The lowest BCUT2D eigenvalue weighted by molar-refractivity contribution is -0.161. The van der Waals surface area contributed by atoms with Gasteiger partial charge in [-0.2, -0.15) is 0 Å². The standard InChI is InChI=1S/C71H118O16P2/c1-4-7-10-13-16-19-22-25-27-29-30-31-32-33-34-36-38-40-42-45-48-51-54-57-69(74)81-60-66(72)61-83-88(77,78)84-62-67(73)63-85-89(79,80)86-65-68(87-71(76)59-56-53-50-47-44-39-24-21-18-15-12-9-6-3)64-82-70(75)58-55-52-49-46-43-41-37-35-28-26-23-20-17-14-11-8-5-2/h7-8,10-12,15-17,19-21,24-28,30-31,33-34,37,41,66-68,72-73H,4-6,9,13-14,18,22-23,29,32,35-36,38-40,42-65H2,1-3H3,(H,77,78)(H,79,80)/b10-7-,11-8-,15-12-,19-16-,20-17-,24-21-,27-25-,28-26-,31-30-,34-33-,41-37-. The van der Waals surface area contributed by atoms with Crippen molar-refractivity contribution in [2.24, 2.45) is 0 Å². The van der Waals surface area contributed by atoms with Gasteiger partial charge in [0.1, 0.15) is 25.4 Å². The first-order chi connectivity index (χ1) is 43.2. The van der Waals surface area contributed by atoms with E-state index in [9.17, 15) is 43.5 Å². The zero-order valence-corrected chi connectivity index (χ0v) is 56.6. The number of carbonyl (C=O) groups excluding carboxylic acids is 3. The van der Waals surface area contributed by atoms with Crippen LogP contribution in [0, 0.1) is 0 Å². The molecule has 0 amide bonds. The minimum absolute atomic E-state index is 0.0786. The number of aliphatic hydroxyl groups is 2. The van der Waals surface area contributed by atoms with Crippen molar-refractivity contribution in [1.29, 1.82) is 0 Å². The first-order valence-electron chi connectivity index (χ1n) is 33.5. The maximum absolute atomic E-state index is 12.9. The highest BCUT2D eigenvalue weighted by atomic mass is 31.2. The fourth-order valence-corrected chi connectivity index (χ4v) is 9.86. The number of unbranched alkanes of at least 4 members (excludes halogenated alkanes) is 17. The van der Waals surface area contributed by atoms with Crippen molar-refractivity contribution in [3.63, 3.8) is 0 Å². The number of aliphatic hydroxyl groups excluding tert-OH is 2. The number of ether oxygens (including phenoxy) is 3. The first kappa shape index (κ1) is 84.7. The molecule has 18 heteroatoms. The molecule has 508 valence electrons. The first-order valence-corrected chi connectivity index (χ1v) is 36.5. The molecule has 89 heavy (non-hydrogen) atoms. The van der Waals surface area contributed by atoms with Crippen molar-refractivity contribution in [2.45, 2.75) is 257 Å². The number of rotatable bonds is 62. The van der Waals surface area contributed by atoms with E-state index in [1.165, 1.54) is 0 Å². The van der Waals surface area contributed by atoms with Gasteiger partial charge in [0.15, 0.2) is 6.10 Å². The molecule has 0 fully saturated rings. The Balaban J connectivity index is 4.64. The number of phosphoric ester groups is 2. The Kier molecular flexibility index (Phi) is 60.7. The van der Waals surface area contributed by atoms with Gasteiger partial charge in [-0.1, -0.05) is 225 Å². The summed E-state index contributed by atoms with van der Waals surface area (Å²) in [5, 5.41) is 20.5. The van der Waals surface area contributed by atoms with Crippen LogP contribution in [-0.4, -0.2) is 95.9 Å². The number of hydrogen-bond donors (Lipinski definition) is 4. The molecule has 0 aliphatic carbocycles. The van der Waals surface area contributed by atoms with Crippen LogP contribution in [0.4, 0.5) is 0 Å². The quantitative estimate of drug-likeness (QED) is 0.0146. The summed E-state index contributed by atoms with van der Waals surface area (Å²) in [6.07, 6.45) is 73.6. The number of hydrogen-bond acceptors (Lipinski definition) is 14. The van der Waals surface area contributed by atoms with Crippen molar-refractivity contribution in [3.05, 3.63) is 134 Å². The largest absolute Gasteiger partial charge is 0.472 e. The topological polar surface area (TPSA) is 231 Å². The second-order valence-corrected chi connectivity index (χ2v) is 24.8. The van der Waals surface area contributed by atoms with Crippen LogP contribution in [0.2, 0.25) is 0 Å². The number of phosphoric acid groups is 2. The molecule has 0 aromatic heterocycles. The third kappa shape index (κ3) is 65.0. The van der Waals surface area contributed by atoms with Crippen molar-refractivity contribution >= 4 is 33.6 Å². The molecule has 0 bridgehead atoms. The summed E-state index contributed by atoms with van der Waals surface area (Å²) in [7, 11) is -9.79. The van der Waals surface area contributed by atoms with Gasteiger partial charge in [-0.15, -0.1) is 0 Å². The maximum Gasteiger partial charge on any atom is 0.472 e. The van der Waals surface area contributed by atoms with E-state index >= 15 is 0 Å². The molecule has 0 spiro atoms. The van der Waals surface area contributed by atoms with Crippen LogP contribution < -0.4 is 0 Å². The normalized spacial score (nSPS) is 15.1. The zero-order chi connectivity index (χ0) is 65.3. The molecule has 16 nitrogen and oxygen atoms in total. The number of carbonyl (C=O) groups is 3. The number of esters is 3. The smallest absolute Gasteiger partial charge is 0.463 e. The molecule has 4 N–H and O–H groups in total. The van der Waals surface area contributed by atoms with Gasteiger partial charge in [0.05, 0.1) is 26.4 Å². The van der Waals surface area contributed by atoms with Gasteiger partial charge in [-0.05, 0) is 128 Å². The molecule has 0 saturated heterocycles. The summed E-state index contributed by atoms with van der Waals surface area (Å²) >= 11 is 0. The van der Waals surface area contributed by atoms with Gasteiger partial charge >= 0.3 is 33.6 Å². The lowest BCUT2D eigenvalue weighted by atomic mass is 10.1. The van der Waals surface area contributed by atoms with Crippen molar-refractivity contribution in [2.75, 3.05) is 39.6 Å². The van der Waals surface area contributed by atoms with E-state index < -0.39 is 91.5 Å². The van der Waals surface area contributed by atoms with Crippen LogP contribution in [0.15, 0.2) is 134 Å². The highest BCUT2D eigenvalue weighted by molar-refractivity contribution is 7.47. The lowest BCUT2D eigenvalue weighted by Crippen LogP contribution is -2.30. The summed E-state index contributed by atoms with van der Waals surface area (Å²) in [6, 6.07) is 0. The van der Waals surface area contributed by atoms with Crippen molar-refractivity contribution in [1.82, 2.24) is 0 Å². The molecule has 0 aliphatic heterocycles. The van der Waals surface area contributed by atoms with Crippen LogP contribution in [0.3, 0.4) is 0 Å². The van der Waals surface area contributed by atoms with Gasteiger partial charge < -0.3 is 34.2 Å². The Bertz CT molecular complexity index is 2160. The summed E-state index contributed by atoms with van der Waals surface area (Å²) in [4.78, 5) is 58.3. The maximum atomic E-state index is 12.9. The predicted molar refractivity (Wildman–Crippen MR) is 362 cm³/mol. The van der Waals surface area contributed by atoms with Gasteiger partial charge in [-0.3, -0.25) is 32.5 Å². The Morgan fingerprint density at radius 2 is 0.596 bits per heavy atom. The van der Waals surface area contributed by atoms with E-state index in [4.69, 9.17) is 32.3 Å². The molecule has 0 saturated carbocycles. The van der Waals surface area contributed by atoms with E-state index in [1.54, 1.807) is 0 Å². The molecule has 0 heterocycles. The highest BCUT2D eigenvalue weighted by Crippen LogP contribution is 2.45. The molecule has 5 unspecified atom stereocenters.